The van der Waals surface area contributed by atoms with Crippen LogP contribution in [0.15, 0.2) is 23.1 Å². The van der Waals surface area contributed by atoms with Gasteiger partial charge in [0.1, 0.15) is 0 Å². The number of anilines is 1. The number of hydrogen-bond acceptors (Lipinski definition) is 4. The number of hydrogen-bond donors (Lipinski definition) is 1. The number of carbonyl (C=O) groups is 1. The summed E-state index contributed by atoms with van der Waals surface area (Å²) in [6.45, 7) is 1.72. The molecule has 1 aliphatic heterocycles. The van der Waals surface area contributed by atoms with Gasteiger partial charge in [-0.1, -0.05) is 0 Å². The van der Waals surface area contributed by atoms with Crippen LogP contribution in [-0.2, 0) is 20.8 Å². The molecule has 0 saturated carbocycles. The normalized spacial score (nSPS) is 18.1. The van der Waals surface area contributed by atoms with Crippen LogP contribution in [0.25, 0.3) is 0 Å². The molecule has 2 rings (SSSR count). The SMILES string of the molecule is COCCn1cc(NC(=O)CC[C@@H]2CCCCO2)ccc1=O. The van der Waals surface area contributed by atoms with Crippen LogP contribution in [-0.4, -0.2) is 36.9 Å². The first-order chi connectivity index (χ1) is 10.7. The lowest BCUT2D eigenvalue weighted by atomic mass is 10.0. The first kappa shape index (κ1) is 16.7. The quantitative estimate of drug-likeness (QED) is 0.833. The largest absolute Gasteiger partial charge is 0.383 e. The van der Waals surface area contributed by atoms with E-state index < -0.39 is 0 Å². The van der Waals surface area contributed by atoms with Crippen molar-refractivity contribution in [2.24, 2.45) is 0 Å². The molecule has 1 aliphatic rings. The second-order valence-corrected chi connectivity index (χ2v) is 5.52. The van der Waals surface area contributed by atoms with E-state index in [1.165, 1.54) is 17.1 Å². The van der Waals surface area contributed by atoms with Crippen LogP contribution < -0.4 is 10.9 Å². The van der Waals surface area contributed by atoms with Gasteiger partial charge < -0.3 is 19.4 Å². The third-order valence-corrected chi connectivity index (χ3v) is 3.77. The second kappa shape index (κ2) is 8.70. The number of rotatable bonds is 7. The van der Waals surface area contributed by atoms with E-state index in [9.17, 15) is 9.59 Å². The molecule has 1 saturated heterocycles. The lowest BCUT2D eigenvalue weighted by Crippen LogP contribution is -2.23. The number of aromatic nitrogens is 1. The molecule has 1 aromatic heterocycles. The van der Waals surface area contributed by atoms with Crippen LogP contribution in [0.2, 0.25) is 0 Å². The number of nitrogens with zero attached hydrogens (tertiary/aromatic N) is 1. The smallest absolute Gasteiger partial charge is 0.250 e. The van der Waals surface area contributed by atoms with Crippen molar-refractivity contribution < 1.29 is 14.3 Å². The highest BCUT2D eigenvalue weighted by atomic mass is 16.5. The van der Waals surface area contributed by atoms with Crippen molar-refractivity contribution in [3.63, 3.8) is 0 Å². The van der Waals surface area contributed by atoms with Gasteiger partial charge in [0.15, 0.2) is 0 Å². The Morgan fingerprint density at radius 3 is 3.05 bits per heavy atom. The number of nitrogens with one attached hydrogen (secondary N) is 1. The minimum Gasteiger partial charge on any atom is -0.383 e. The van der Waals surface area contributed by atoms with Crippen molar-refractivity contribution in [3.05, 3.63) is 28.7 Å². The van der Waals surface area contributed by atoms with E-state index in [4.69, 9.17) is 9.47 Å². The molecule has 0 aliphatic carbocycles. The van der Waals surface area contributed by atoms with E-state index in [0.29, 0.717) is 25.3 Å². The fraction of sp³-hybridized carbons (Fsp3) is 0.625. The maximum Gasteiger partial charge on any atom is 0.250 e. The van der Waals surface area contributed by atoms with E-state index >= 15 is 0 Å². The molecule has 1 atom stereocenters. The lowest BCUT2D eigenvalue weighted by Gasteiger charge is -2.22. The van der Waals surface area contributed by atoms with E-state index in [-0.39, 0.29) is 17.6 Å². The van der Waals surface area contributed by atoms with E-state index in [0.717, 1.165) is 25.9 Å². The molecule has 6 nitrogen and oxygen atoms in total. The topological polar surface area (TPSA) is 69.6 Å². The summed E-state index contributed by atoms with van der Waals surface area (Å²) in [5.74, 6) is -0.0499. The third kappa shape index (κ3) is 5.27. The van der Waals surface area contributed by atoms with Crippen molar-refractivity contribution in [1.82, 2.24) is 4.57 Å². The van der Waals surface area contributed by atoms with E-state index in [1.54, 1.807) is 19.4 Å². The molecule has 1 N–H and O–H groups in total. The predicted molar refractivity (Wildman–Crippen MR) is 84.0 cm³/mol. The van der Waals surface area contributed by atoms with Crippen molar-refractivity contribution >= 4 is 11.6 Å². The molecule has 0 unspecified atom stereocenters. The molecule has 1 amide bonds. The van der Waals surface area contributed by atoms with Gasteiger partial charge in [-0.2, -0.15) is 0 Å². The Bertz CT molecular complexity index is 535. The van der Waals surface area contributed by atoms with Gasteiger partial charge in [-0.3, -0.25) is 9.59 Å². The molecular weight excluding hydrogens is 284 g/mol. The van der Waals surface area contributed by atoms with E-state index in [1.807, 2.05) is 0 Å². The summed E-state index contributed by atoms with van der Waals surface area (Å²) in [7, 11) is 1.59. The number of methoxy groups -OCH3 is 1. The summed E-state index contributed by atoms with van der Waals surface area (Å²) < 4.78 is 12.1. The van der Waals surface area contributed by atoms with Crippen molar-refractivity contribution in [3.8, 4) is 0 Å². The molecule has 1 fully saturated rings. The zero-order valence-electron chi connectivity index (χ0n) is 13.0. The monoisotopic (exact) mass is 308 g/mol. The average molecular weight is 308 g/mol. The summed E-state index contributed by atoms with van der Waals surface area (Å²) in [4.78, 5) is 23.7. The van der Waals surface area contributed by atoms with Crippen LogP contribution in [0.4, 0.5) is 5.69 Å². The highest BCUT2D eigenvalue weighted by molar-refractivity contribution is 5.90. The Morgan fingerprint density at radius 1 is 1.45 bits per heavy atom. The standard InChI is InChI=1S/C16H24N2O4/c1-21-11-9-18-12-13(5-8-16(18)20)17-15(19)7-6-14-4-2-3-10-22-14/h5,8,12,14H,2-4,6-7,9-11H2,1H3,(H,17,19)/t14-/m0/s1. The molecule has 122 valence electrons. The molecular formula is C16H24N2O4. The Hall–Kier alpha value is -1.66. The van der Waals surface area contributed by atoms with Crippen LogP contribution in [0, 0.1) is 0 Å². The summed E-state index contributed by atoms with van der Waals surface area (Å²) >= 11 is 0. The summed E-state index contributed by atoms with van der Waals surface area (Å²) in [5, 5.41) is 2.83. The van der Waals surface area contributed by atoms with Crippen LogP contribution in [0.3, 0.4) is 0 Å². The number of ether oxygens (including phenoxy) is 2. The fourth-order valence-electron chi connectivity index (χ4n) is 2.52. The molecule has 6 heteroatoms. The first-order valence-electron chi connectivity index (χ1n) is 7.80. The van der Waals surface area contributed by atoms with Crippen LogP contribution in [0.5, 0.6) is 0 Å². The van der Waals surface area contributed by atoms with Crippen molar-refractivity contribution in [2.45, 2.75) is 44.8 Å². The number of amides is 1. The summed E-state index contributed by atoms with van der Waals surface area (Å²) in [6.07, 6.45) is 6.36. The zero-order chi connectivity index (χ0) is 15.8. The van der Waals surface area contributed by atoms with Gasteiger partial charge in [0.25, 0.3) is 5.56 Å². The van der Waals surface area contributed by atoms with E-state index in [2.05, 4.69) is 5.32 Å². The Kier molecular flexibility index (Phi) is 6.61. The minimum absolute atomic E-state index is 0.0499. The average Bonchev–Trinajstić information content (AvgIpc) is 2.54. The van der Waals surface area contributed by atoms with Gasteiger partial charge in [-0.25, -0.2) is 0 Å². The first-order valence-corrected chi connectivity index (χ1v) is 7.80. The fourth-order valence-corrected chi connectivity index (χ4v) is 2.52. The minimum atomic E-state index is -0.106. The molecule has 2 heterocycles. The Labute approximate surface area is 130 Å². The summed E-state index contributed by atoms with van der Waals surface area (Å²) in [6, 6.07) is 3.08. The molecule has 1 aromatic rings. The van der Waals surface area contributed by atoms with Gasteiger partial charge >= 0.3 is 0 Å². The molecule has 0 bridgehead atoms. The van der Waals surface area contributed by atoms with Crippen LogP contribution in [0.1, 0.15) is 32.1 Å². The maximum atomic E-state index is 12.0. The molecule has 0 radical (unpaired) electrons. The Balaban J connectivity index is 1.83. The highest BCUT2D eigenvalue weighted by Gasteiger charge is 2.15. The van der Waals surface area contributed by atoms with Crippen LogP contribution >= 0.6 is 0 Å². The van der Waals surface area contributed by atoms with Gasteiger partial charge in [0.05, 0.1) is 18.4 Å². The predicted octanol–water partition coefficient (Wildman–Crippen LogP) is 1.78. The Morgan fingerprint density at radius 2 is 2.32 bits per heavy atom. The number of carbonyl (C=O) groups excluding carboxylic acids is 1. The van der Waals surface area contributed by atoms with Gasteiger partial charge in [-0.05, 0) is 31.7 Å². The third-order valence-electron chi connectivity index (χ3n) is 3.77. The zero-order valence-corrected chi connectivity index (χ0v) is 13.0. The van der Waals surface area contributed by atoms with Crippen molar-refractivity contribution in [2.75, 3.05) is 25.6 Å². The molecule has 22 heavy (non-hydrogen) atoms. The van der Waals surface area contributed by atoms with Gasteiger partial charge in [0.2, 0.25) is 5.91 Å². The van der Waals surface area contributed by atoms with Crippen molar-refractivity contribution in [1.29, 1.82) is 0 Å². The second-order valence-electron chi connectivity index (χ2n) is 5.52. The molecule has 0 spiro atoms. The van der Waals surface area contributed by atoms with Gasteiger partial charge in [-0.15, -0.1) is 0 Å². The summed E-state index contributed by atoms with van der Waals surface area (Å²) in [5.41, 5.74) is 0.524. The lowest BCUT2D eigenvalue weighted by molar-refractivity contribution is -0.117. The maximum absolute atomic E-state index is 12.0. The molecule has 0 aromatic carbocycles. The van der Waals surface area contributed by atoms with Gasteiger partial charge in [0, 0.05) is 38.9 Å². The number of pyridine rings is 1. The highest BCUT2D eigenvalue weighted by Crippen LogP contribution is 2.17.